The van der Waals surface area contributed by atoms with Crippen LogP contribution < -0.4 is 4.90 Å². The SMILES string of the molecule is CCOC(=O)c1csc(C2CCCN2c2cc(C#N)c3cc([N+](=O)[O-])ccc3n2)n1. The van der Waals surface area contributed by atoms with Crippen molar-refractivity contribution in [1.29, 1.82) is 5.26 Å². The normalized spacial score (nSPS) is 15.9. The van der Waals surface area contributed by atoms with E-state index in [2.05, 4.69) is 20.9 Å². The monoisotopic (exact) mass is 423 g/mol. The highest BCUT2D eigenvalue weighted by atomic mass is 32.1. The molecule has 1 saturated heterocycles. The van der Waals surface area contributed by atoms with Crippen molar-refractivity contribution in [3.05, 3.63) is 56.0 Å². The summed E-state index contributed by atoms with van der Waals surface area (Å²) in [6, 6.07) is 8.04. The number of ether oxygens (including phenoxy) is 1. The largest absolute Gasteiger partial charge is 0.461 e. The van der Waals surface area contributed by atoms with Gasteiger partial charge in [0.2, 0.25) is 0 Å². The summed E-state index contributed by atoms with van der Waals surface area (Å²) in [4.78, 5) is 33.7. The van der Waals surface area contributed by atoms with Gasteiger partial charge in [-0.05, 0) is 31.9 Å². The quantitative estimate of drug-likeness (QED) is 0.343. The second-order valence-corrected chi connectivity index (χ2v) is 7.63. The summed E-state index contributed by atoms with van der Waals surface area (Å²) in [5.74, 6) is 0.171. The summed E-state index contributed by atoms with van der Waals surface area (Å²) in [6.07, 6.45) is 1.76. The fourth-order valence-electron chi connectivity index (χ4n) is 3.59. The number of carbonyl (C=O) groups is 1. The molecule has 1 aliphatic rings. The third-order valence-corrected chi connectivity index (χ3v) is 5.89. The molecule has 0 radical (unpaired) electrons. The molecule has 3 heterocycles. The maximum absolute atomic E-state index is 11.9. The van der Waals surface area contributed by atoms with E-state index in [1.54, 1.807) is 24.4 Å². The van der Waals surface area contributed by atoms with Gasteiger partial charge in [-0.25, -0.2) is 14.8 Å². The average Bonchev–Trinajstić information content (AvgIpc) is 3.42. The van der Waals surface area contributed by atoms with Crippen molar-refractivity contribution in [3.63, 3.8) is 0 Å². The maximum atomic E-state index is 11.9. The molecule has 2 aromatic heterocycles. The topological polar surface area (TPSA) is 122 Å². The van der Waals surface area contributed by atoms with E-state index in [1.807, 2.05) is 0 Å². The minimum absolute atomic E-state index is 0.0623. The predicted octanol–water partition coefficient (Wildman–Crippen LogP) is 3.99. The van der Waals surface area contributed by atoms with Crippen molar-refractivity contribution >= 4 is 39.7 Å². The van der Waals surface area contributed by atoms with Crippen LogP contribution in [0, 0.1) is 21.4 Å². The van der Waals surface area contributed by atoms with E-state index >= 15 is 0 Å². The smallest absolute Gasteiger partial charge is 0.357 e. The van der Waals surface area contributed by atoms with E-state index < -0.39 is 10.9 Å². The predicted molar refractivity (Wildman–Crippen MR) is 111 cm³/mol. The Balaban J connectivity index is 1.70. The Kier molecular flexibility index (Phi) is 5.29. The van der Waals surface area contributed by atoms with Crippen LogP contribution in [0.5, 0.6) is 0 Å². The number of rotatable bonds is 5. The van der Waals surface area contributed by atoms with Crippen molar-refractivity contribution in [2.24, 2.45) is 0 Å². The molecule has 1 aliphatic heterocycles. The van der Waals surface area contributed by atoms with Crippen molar-refractivity contribution in [3.8, 4) is 6.07 Å². The van der Waals surface area contributed by atoms with E-state index in [0.29, 0.717) is 28.0 Å². The Morgan fingerprint density at radius 3 is 3.00 bits per heavy atom. The fraction of sp³-hybridized carbons (Fsp3) is 0.300. The van der Waals surface area contributed by atoms with Crippen LogP contribution >= 0.6 is 11.3 Å². The van der Waals surface area contributed by atoms with Crippen LogP contribution in [0.3, 0.4) is 0 Å². The van der Waals surface area contributed by atoms with Gasteiger partial charge in [0.05, 0.1) is 34.7 Å². The number of fused-ring (bicyclic) bond motifs is 1. The first-order valence-corrected chi connectivity index (χ1v) is 10.3. The van der Waals surface area contributed by atoms with Gasteiger partial charge in [-0.1, -0.05) is 0 Å². The third kappa shape index (κ3) is 3.55. The fourth-order valence-corrected chi connectivity index (χ4v) is 4.52. The van der Waals surface area contributed by atoms with Gasteiger partial charge in [-0.15, -0.1) is 11.3 Å². The minimum Gasteiger partial charge on any atom is -0.461 e. The van der Waals surface area contributed by atoms with Crippen LogP contribution in [0.15, 0.2) is 29.6 Å². The molecule has 4 rings (SSSR count). The van der Waals surface area contributed by atoms with Crippen LogP contribution in [0.2, 0.25) is 0 Å². The standard InChI is InChI=1S/C20H17N5O4S/c1-2-29-20(26)16-11-30-19(23-16)17-4-3-7-24(17)18-8-12(10-21)14-9-13(25(27)28)5-6-15(14)22-18/h5-6,8-9,11,17H,2-4,7H2,1H3. The van der Waals surface area contributed by atoms with Gasteiger partial charge in [0.1, 0.15) is 10.8 Å². The first kappa shape index (κ1) is 19.7. The van der Waals surface area contributed by atoms with Gasteiger partial charge in [0.25, 0.3) is 5.69 Å². The highest BCUT2D eigenvalue weighted by Crippen LogP contribution is 2.38. The Morgan fingerprint density at radius 2 is 2.27 bits per heavy atom. The van der Waals surface area contributed by atoms with Crippen LogP contribution in [0.4, 0.5) is 11.5 Å². The zero-order valence-corrected chi connectivity index (χ0v) is 16.9. The molecule has 1 fully saturated rings. The first-order valence-electron chi connectivity index (χ1n) is 9.40. The molecule has 0 aliphatic carbocycles. The van der Waals surface area contributed by atoms with Crippen molar-refractivity contribution in [2.45, 2.75) is 25.8 Å². The lowest BCUT2D eigenvalue weighted by Crippen LogP contribution is -2.23. The molecule has 0 saturated carbocycles. The number of carbonyl (C=O) groups excluding carboxylic acids is 1. The molecule has 1 aromatic carbocycles. The molecule has 0 amide bonds. The Morgan fingerprint density at radius 1 is 1.43 bits per heavy atom. The number of anilines is 1. The van der Waals surface area contributed by atoms with Crippen LogP contribution in [0.1, 0.15) is 46.9 Å². The second-order valence-electron chi connectivity index (χ2n) is 6.74. The van der Waals surface area contributed by atoms with E-state index in [1.165, 1.54) is 23.5 Å². The minimum atomic E-state index is -0.491. The molecule has 0 bridgehead atoms. The van der Waals surface area contributed by atoms with Gasteiger partial charge in [-0.3, -0.25) is 10.1 Å². The Hall–Kier alpha value is -3.58. The maximum Gasteiger partial charge on any atom is 0.357 e. The summed E-state index contributed by atoms with van der Waals surface area (Å²) in [5.41, 5.74) is 1.06. The molecular formula is C20H17N5O4S. The molecule has 30 heavy (non-hydrogen) atoms. The molecule has 1 atom stereocenters. The highest BCUT2D eigenvalue weighted by Gasteiger charge is 2.31. The van der Waals surface area contributed by atoms with Crippen molar-refractivity contribution < 1.29 is 14.5 Å². The number of nitro groups is 1. The lowest BCUT2D eigenvalue weighted by Gasteiger charge is -2.24. The Bertz CT molecular complexity index is 1190. The number of nitriles is 1. The van der Waals surface area contributed by atoms with E-state index in [-0.39, 0.29) is 18.3 Å². The molecule has 9 nitrogen and oxygen atoms in total. The molecular weight excluding hydrogens is 406 g/mol. The van der Waals surface area contributed by atoms with Gasteiger partial charge >= 0.3 is 5.97 Å². The van der Waals surface area contributed by atoms with Gasteiger partial charge in [0.15, 0.2) is 5.69 Å². The number of aromatic nitrogens is 2. The number of esters is 1. The molecule has 152 valence electrons. The zero-order chi connectivity index (χ0) is 21.3. The number of nitro benzene ring substituents is 1. The summed E-state index contributed by atoms with van der Waals surface area (Å²) in [7, 11) is 0. The number of nitrogens with zero attached hydrogens (tertiary/aromatic N) is 5. The summed E-state index contributed by atoms with van der Waals surface area (Å²) in [5, 5.41) is 23.6. The van der Waals surface area contributed by atoms with Crippen LogP contribution in [-0.4, -0.2) is 34.0 Å². The molecule has 0 N–H and O–H groups in total. The molecule has 3 aromatic rings. The average molecular weight is 423 g/mol. The molecule has 10 heteroatoms. The van der Waals surface area contributed by atoms with E-state index in [9.17, 15) is 20.2 Å². The van der Waals surface area contributed by atoms with Gasteiger partial charge in [0, 0.05) is 29.4 Å². The first-order chi connectivity index (χ1) is 14.5. The lowest BCUT2D eigenvalue weighted by molar-refractivity contribution is -0.384. The number of benzene rings is 1. The lowest BCUT2D eigenvalue weighted by atomic mass is 10.1. The molecule has 0 spiro atoms. The van der Waals surface area contributed by atoms with Crippen LogP contribution in [0.25, 0.3) is 10.9 Å². The number of non-ortho nitro benzene ring substituents is 1. The third-order valence-electron chi connectivity index (χ3n) is 4.95. The summed E-state index contributed by atoms with van der Waals surface area (Å²) < 4.78 is 5.02. The van der Waals surface area contributed by atoms with Crippen LogP contribution in [-0.2, 0) is 4.74 Å². The van der Waals surface area contributed by atoms with Crippen molar-refractivity contribution in [2.75, 3.05) is 18.1 Å². The van der Waals surface area contributed by atoms with E-state index in [4.69, 9.17) is 4.74 Å². The molecule has 1 unspecified atom stereocenters. The number of pyridine rings is 1. The number of thiazole rings is 1. The van der Waals surface area contributed by atoms with Crippen molar-refractivity contribution in [1.82, 2.24) is 9.97 Å². The van der Waals surface area contributed by atoms with E-state index in [0.717, 1.165) is 24.4 Å². The van der Waals surface area contributed by atoms with Gasteiger partial charge < -0.3 is 9.64 Å². The van der Waals surface area contributed by atoms with Gasteiger partial charge in [-0.2, -0.15) is 5.26 Å². The highest BCUT2D eigenvalue weighted by molar-refractivity contribution is 7.10. The Labute approximate surface area is 175 Å². The summed E-state index contributed by atoms with van der Waals surface area (Å²) >= 11 is 1.40. The zero-order valence-electron chi connectivity index (χ0n) is 16.1. The second kappa shape index (κ2) is 8.04. The number of hydrogen-bond acceptors (Lipinski definition) is 9. The summed E-state index contributed by atoms with van der Waals surface area (Å²) in [6.45, 7) is 2.77. The number of hydrogen-bond donors (Lipinski definition) is 0.